The molecular formula is C26H25N7O. The number of hydrogen-bond acceptors (Lipinski definition) is 7. The van der Waals surface area contributed by atoms with E-state index < -0.39 is 0 Å². The molecular weight excluding hydrogens is 426 g/mol. The third-order valence-electron chi connectivity index (χ3n) is 6.22. The zero-order valence-corrected chi connectivity index (χ0v) is 18.6. The number of nitrogens with zero attached hydrogens (tertiary/aromatic N) is 4. The van der Waals surface area contributed by atoms with E-state index in [0.29, 0.717) is 28.9 Å². The van der Waals surface area contributed by atoms with Gasteiger partial charge >= 0.3 is 0 Å². The summed E-state index contributed by atoms with van der Waals surface area (Å²) in [6, 6.07) is 18.3. The van der Waals surface area contributed by atoms with Crippen LogP contribution in [0.3, 0.4) is 0 Å². The first-order valence-corrected chi connectivity index (χ1v) is 11.5. The molecule has 0 saturated carbocycles. The Morgan fingerprint density at radius 2 is 1.82 bits per heavy atom. The summed E-state index contributed by atoms with van der Waals surface area (Å²) in [7, 11) is 0. The van der Waals surface area contributed by atoms with Gasteiger partial charge in [-0.3, -0.25) is 4.68 Å². The second-order valence-corrected chi connectivity index (χ2v) is 8.54. The van der Waals surface area contributed by atoms with Crippen LogP contribution in [0.25, 0.3) is 33.7 Å². The minimum Gasteiger partial charge on any atom is -0.436 e. The summed E-state index contributed by atoms with van der Waals surface area (Å²) >= 11 is 0. The van der Waals surface area contributed by atoms with Crippen LogP contribution in [-0.4, -0.2) is 32.8 Å². The fourth-order valence-corrected chi connectivity index (χ4v) is 4.37. The van der Waals surface area contributed by atoms with Crippen molar-refractivity contribution in [3.05, 3.63) is 73.2 Å². The summed E-state index contributed by atoms with van der Waals surface area (Å²) in [6.07, 6.45) is 7.90. The topological polar surface area (TPSA) is 107 Å². The molecule has 2 aromatic carbocycles. The molecule has 0 atom stereocenters. The highest BCUT2D eigenvalue weighted by Crippen LogP contribution is 2.33. The lowest BCUT2D eigenvalue weighted by Gasteiger charge is -2.22. The fraction of sp³-hybridized carbons (Fsp3) is 0.192. The maximum absolute atomic E-state index is 6.22. The van der Waals surface area contributed by atoms with Gasteiger partial charge in [-0.05, 0) is 62.3 Å². The number of benzene rings is 2. The van der Waals surface area contributed by atoms with Crippen molar-refractivity contribution in [3.8, 4) is 22.6 Å². The number of oxazole rings is 1. The quantitative estimate of drug-likeness (QED) is 0.345. The summed E-state index contributed by atoms with van der Waals surface area (Å²) in [5.74, 6) is 0.827. The summed E-state index contributed by atoms with van der Waals surface area (Å²) in [4.78, 5) is 9.12. The van der Waals surface area contributed by atoms with E-state index in [1.165, 1.54) is 0 Å². The summed E-state index contributed by atoms with van der Waals surface area (Å²) in [5.41, 5.74) is 12.2. The number of hydrogen-bond donors (Lipinski definition) is 3. The predicted octanol–water partition coefficient (Wildman–Crippen LogP) is 5.00. The van der Waals surface area contributed by atoms with Crippen molar-refractivity contribution in [2.45, 2.75) is 18.9 Å². The van der Waals surface area contributed by atoms with Gasteiger partial charge in [-0.1, -0.05) is 18.2 Å². The highest BCUT2D eigenvalue weighted by molar-refractivity contribution is 5.83. The van der Waals surface area contributed by atoms with Gasteiger partial charge in [-0.15, -0.1) is 0 Å². The van der Waals surface area contributed by atoms with E-state index in [4.69, 9.17) is 15.1 Å². The minimum absolute atomic E-state index is 0.378. The van der Waals surface area contributed by atoms with Crippen molar-refractivity contribution >= 4 is 28.3 Å². The smallest absolute Gasteiger partial charge is 0.231 e. The first-order chi connectivity index (χ1) is 16.7. The van der Waals surface area contributed by atoms with Crippen LogP contribution in [-0.2, 0) is 0 Å². The molecule has 0 unspecified atom stereocenters. The molecule has 0 aliphatic carbocycles. The summed E-state index contributed by atoms with van der Waals surface area (Å²) in [5, 5.41) is 11.4. The first-order valence-electron chi connectivity index (χ1n) is 11.5. The summed E-state index contributed by atoms with van der Waals surface area (Å²) < 4.78 is 8.11. The highest BCUT2D eigenvalue weighted by atomic mass is 16.3. The van der Waals surface area contributed by atoms with Gasteiger partial charge in [0.25, 0.3) is 0 Å². The number of piperidine rings is 1. The second kappa shape index (κ2) is 8.64. The predicted molar refractivity (Wildman–Crippen MR) is 134 cm³/mol. The molecule has 34 heavy (non-hydrogen) atoms. The highest BCUT2D eigenvalue weighted by Gasteiger charge is 2.18. The Balaban J connectivity index is 1.30. The molecule has 8 heteroatoms. The normalized spacial score (nSPS) is 14.5. The van der Waals surface area contributed by atoms with Crippen molar-refractivity contribution in [1.82, 2.24) is 25.1 Å². The zero-order valence-electron chi connectivity index (χ0n) is 18.6. The van der Waals surface area contributed by atoms with Gasteiger partial charge in [0.2, 0.25) is 5.89 Å². The molecule has 0 radical (unpaired) electrons. The number of rotatable bonds is 5. The van der Waals surface area contributed by atoms with Gasteiger partial charge in [-0.25, -0.2) is 9.97 Å². The van der Waals surface area contributed by atoms with Gasteiger partial charge in [0, 0.05) is 34.9 Å². The van der Waals surface area contributed by atoms with Gasteiger partial charge in [0.15, 0.2) is 5.58 Å². The Bertz CT molecular complexity index is 1430. The second-order valence-electron chi connectivity index (χ2n) is 8.54. The van der Waals surface area contributed by atoms with Crippen LogP contribution >= 0.6 is 0 Å². The number of nitrogens with two attached hydrogens (primary N) is 1. The number of anilines is 3. The Kier molecular flexibility index (Phi) is 5.20. The summed E-state index contributed by atoms with van der Waals surface area (Å²) in [6.45, 7) is 2.04. The van der Waals surface area contributed by atoms with Crippen molar-refractivity contribution in [2.75, 3.05) is 24.1 Å². The Morgan fingerprint density at radius 3 is 2.68 bits per heavy atom. The van der Waals surface area contributed by atoms with Gasteiger partial charge in [0.1, 0.15) is 11.3 Å². The van der Waals surface area contributed by atoms with E-state index in [-0.39, 0.29) is 0 Å². The maximum Gasteiger partial charge on any atom is 0.231 e. The van der Waals surface area contributed by atoms with E-state index >= 15 is 0 Å². The largest absolute Gasteiger partial charge is 0.436 e. The molecule has 0 spiro atoms. The number of aromatic nitrogens is 4. The first kappa shape index (κ1) is 20.4. The molecule has 1 fully saturated rings. The molecule has 4 heterocycles. The van der Waals surface area contributed by atoms with Crippen LogP contribution in [0.1, 0.15) is 18.9 Å². The molecule has 1 aliphatic rings. The van der Waals surface area contributed by atoms with Crippen LogP contribution in [0.2, 0.25) is 0 Å². The van der Waals surface area contributed by atoms with E-state index in [9.17, 15) is 0 Å². The average molecular weight is 452 g/mol. The number of fused-ring (bicyclic) bond motifs is 1. The van der Waals surface area contributed by atoms with Crippen molar-refractivity contribution in [2.24, 2.45) is 0 Å². The fourth-order valence-electron chi connectivity index (χ4n) is 4.37. The van der Waals surface area contributed by atoms with E-state index in [1.807, 2.05) is 60.8 Å². The molecule has 0 amide bonds. The van der Waals surface area contributed by atoms with E-state index in [2.05, 4.69) is 31.6 Å². The maximum atomic E-state index is 6.22. The number of pyridine rings is 1. The van der Waals surface area contributed by atoms with Crippen LogP contribution < -0.4 is 16.4 Å². The third kappa shape index (κ3) is 3.99. The van der Waals surface area contributed by atoms with Crippen LogP contribution in [0.5, 0.6) is 0 Å². The monoisotopic (exact) mass is 451 g/mol. The molecule has 1 saturated heterocycles. The number of nitrogens with one attached hydrogen (secondary N) is 2. The van der Waals surface area contributed by atoms with E-state index in [0.717, 1.165) is 53.9 Å². The van der Waals surface area contributed by atoms with Crippen LogP contribution in [0, 0.1) is 0 Å². The molecule has 1 aliphatic heterocycles. The molecule has 4 N–H and O–H groups in total. The Hall–Kier alpha value is -4.17. The van der Waals surface area contributed by atoms with Crippen LogP contribution in [0.15, 0.2) is 77.6 Å². The lowest BCUT2D eigenvalue weighted by molar-refractivity contribution is 0.343. The molecule has 5 aromatic rings. The average Bonchev–Trinajstić information content (AvgIpc) is 3.53. The van der Waals surface area contributed by atoms with Gasteiger partial charge in [0.05, 0.1) is 17.8 Å². The zero-order chi connectivity index (χ0) is 22.9. The van der Waals surface area contributed by atoms with Gasteiger partial charge in [-0.2, -0.15) is 5.10 Å². The van der Waals surface area contributed by atoms with Crippen molar-refractivity contribution in [3.63, 3.8) is 0 Å². The molecule has 0 bridgehead atoms. The third-order valence-corrected chi connectivity index (χ3v) is 6.22. The van der Waals surface area contributed by atoms with Crippen molar-refractivity contribution in [1.29, 1.82) is 0 Å². The number of para-hydroxylation sites is 1. The van der Waals surface area contributed by atoms with E-state index in [1.54, 1.807) is 6.20 Å². The molecule has 8 nitrogen and oxygen atoms in total. The lowest BCUT2D eigenvalue weighted by Crippen LogP contribution is -2.29. The van der Waals surface area contributed by atoms with Crippen LogP contribution in [0.4, 0.5) is 17.2 Å². The lowest BCUT2D eigenvalue weighted by atomic mass is 10.1. The Morgan fingerprint density at radius 1 is 0.971 bits per heavy atom. The van der Waals surface area contributed by atoms with Crippen molar-refractivity contribution < 1.29 is 4.42 Å². The standard InChI is InChI=1S/C26H25N7O/c27-25-22(12-17(14-29-25)18-15-30-33(16-18)21-8-10-28-11-9-21)26-32-23-13-20(6-7-24(23)34-26)31-19-4-2-1-3-5-19/h1-7,12-16,21,28,31H,8-11H2,(H2,27,29). The SMILES string of the molecule is Nc1ncc(-c2cnn(C3CCNCC3)c2)cc1-c1nc2cc(Nc3ccccc3)ccc2o1. The Labute approximate surface area is 196 Å². The molecule has 3 aromatic heterocycles. The molecule has 6 rings (SSSR count). The minimum atomic E-state index is 0.378. The number of nitrogen functional groups attached to an aromatic ring is 1. The molecule has 170 valence electrons. The van der Waals surface area contributed by atoms with Gasteiger partial charge < -0.3 is 20.8 Å².